The van der Waals surface area contributed by atoms with Gasteiger partial charge >= 0.3 is 0 Å². The van der Waals surface area contributed by atoms with E-state index in [1.165, 1.54) is 24.2 Å². The van der Waals surface area contributed by atoms with Crippen molar-refractivity contribution in [1.82, 2.24) is 25.1 Å². The molecule has 6 nitrogen and oxygen atoms in total. The molecule has 0 radical (unpaired) electrons. The van der Waals surface area contributed by atoms with Crippen molar-refractivity contribution in [3.63, 3.8) is 0 Å². The summed E-state index contributed by atoms with van der Waals surface area (Å²) in [7, 11) is 0. The van der Waals surface area contributed by atoms with Gasteiger partial charge in [-0.25, -0.2) is 0 Å². The molecule has 1 amide bonds. The summed E-state index contributed by atoms with van der Waals surface area (Å²) < 4.78 is 1.86. The Labute approximate surface area is 114 Å². The maximum atomic E-state index is 11.6. The van der Waals surface area contributed by atoms with Crippen molar-refractivity contribution in [2.24, 2.45) is 0 Å². The Bertz CT molecular complexity index is 625. The van der Waals surface area contributed by atoms with Crippen LogP contribution < -0.4 is 5.32 Å². The van der Waals surface area contributed by atoms with Gasteiger partial charge in [0.2, 0.25) is 10.9 Å². The van der Waals surface area contributed by atoms with E-state index in [0.717, 1.165) is 28.6 Å². The molecule has 0 aromatic carbocycles. The van der Waals surface area contributed by atoms with Gasteiger partial charge in [-0.15, -0.1) is 10.2 Å². The predicted octanol–water partition coefficient (Wildman–Crippen LogP) is 1.27. The van der Waals surface area contributed by atoms with E-state index in [2.05, 4.69) is 20.6 Å². The van der Waals surface area contributed by atoms with Crippen molar-refractivity contribution in [2.45, 2.75) is 50.5 Å². The minimum Gasteiger partial charge on any atom is -0.353 e. The third-order valence-electron chi connectivity index (χ3n) is 3.51. The standard InChI is InChI=1S/C12H15N5OS/c18-9(13-8-3-4-8)5-6-10-16-17-11(7-1-2-7)14-15-12(17)19-10/h7-8H,1-6H2,(H,13,18). The van der Waals surface area contributed by atoms with Crippen LogP contribution in [0.4, 0.5) is 0 Å². The Kier molecular flexibility index (Phi) is 2.54. The number of hydrogen-bond donors (Lipinski definition) is 1. The number of amides is 1. The second-order valence-corrected chi connectivity index (χ2v) is 6.40. The van der Waals surface area contributed by atoms with E-state index in [1.807, 2.05) is 4.52 Å². The van der Waals surface area contributed by atoms with Crippen molar-refractivity contribution in [2.75, 3.05) is 0 Å². The molecule has 2 aromatic rings. The van der Waals surface area contributed by atoms with Crippen molar-refractivity contribution in [3.05, 3.63) is 10.8 Å². The van der Waals surface area contributed by atoms with Crippen LogP contribution in [0.5, 0.6) is 0 Å². The van der Waals surface area contributed by atoms with Gasteiger partial charge in [0.25, 0.3) is 0 Å². The zero-order chi connectivity index (χ0) is 12.8. The minimum atomic E-state index is 0.135. The molecule has 2 aromatic heterocycles. The Morgan fingerprint density at radius 3 is 2.89 bits per heavy atom. The van der Waals surface area contributed by atoms with Crippen LogP contribution in [0, 0.1) is 0 Å². The Morgan fingerprint density at radius 1 is 1.32 bits per heavy atom. The molecular weight excluding hydrogens is 262 g/mol. The molecule has 100 valence electrons. The van der Waals surface area contributed by atoms with Crippen LogP contribution in [-0.4, -0.2) is 31.8 Å². The molecule has 7 heteroatoms. The summed E-state index contributed by atoms with van der Waals surface area (Å²) >= 11 is 1.54. The number of carbonyl (C=O) groups excluding carboxylic acids is 1. The lowest BCUT2D eigenvalue weighted by Crippen LogP contribution is -2.25. The van der Waals surface area contributed by atoms with E-state index in [9.17, 15) is 4.79 Å². The van der Waals surface area contributed by atoms with Gasteiger partial charge in [-0.05, 0) is 25.7 Å². The molecule has 0 bridgehead atoms. The number of aromatic nitrogens is 4. The first-order chi connectivity index (χ1) is 9.29. The molecule has 0 spiro atoms. The topological polar surface area (TPSA) is 72.2 Å². The zero-order valence-corrected chi connectivity index (χ0v) is 11.3. The molecule has 2 heterocycles. The van der Waals surface area contributed by atoms with E-state index < -0.39 is 0 Å². The molecular formula is C12H15N5OS. The third kappa shape index (κ3) is 2.34. The molecule has 4 rings (SSSR count). The summed E-state index contributed by atoms with van der Waals surface area (Å²) in [5.74, 6) is 1.67. The summed E-state index contributed by atoms with van der Waals surface area (Å²) in [5.41, 5.74) is 0. The summed E-state index contributed by atoms with van der Waals surface area (Å²) in [6.07, 6.45) is 5.85. The summed E-state index contributed by atoms with van der Waals surface area (Å²) in [4.78, 5) is 12.5. The number of fused-ring (bicyclic) bond motifs is 1. The first-order valence-electron chi connectivity index (χ1n) is 6.80. The number of rotatable bonds is 5. The lowest BCUT2D eigenvalue weighted by molar-refractivity contribution is -0.121. The highest BCUT2D eigenvalue weighted by Crippen LogP contribution is 2.39. The van der Waals surface area contributed by atoms with E-state index in [4.69, 9.17) is 0 Å². The van der Waals surface area contributed by atoms with Gasteiger partial charge in [-0.3, -0.25) is 4.79 Å². The van der Waals surface area contributed by atoms with Gasteiger partial charge in [0, 0.05) is 24.8 Å². The summed E-state index contributed by atoms with van der Waals surface area (Å²) in [6, 6.07) is 0.437. The molecule has 19 heavy (non-hydrogen) atoms. The van der Waals surface area contributed by atoms with Gasteiger partial charge in [0.05, 0.1) is 0 Å². The Morgan fingerprint density at radius 2 is 2.16 bits per heavy atom. The van der Waals surface area contributed by atoms with Crippen molar-refractivity contribution in [3.8, 4) is 0 Å². The first-order valence-corrected chi connectivity index (χ1v) is 7.61. The summed E-state index contributed by atoms with van der Waals surface area (Å²) in [6.45, 7) is 0. The van der Waals surface area contributed by atoms with Crippen molar-refractivity contribution in [1.29, 1.82) is 0 Å². The average Bonchev–Trinajstić information content (AvgIpc) is 3.28. The molecule has 2 saturated carbocycles. The van der Waals surface area contributed by atoms with Crippen molar-refractivity contribution < 1.29 is 4.79 Å². The van der Waals surface area contributed by atoms with Gasteiger partial charge in [-0.1, -0.05) is 11.3 Å². The SMILES string of the molecule is O=C(CCc1nn2c(C3CC3)nnc2s1)NC1CC1. The largest absolute Gasteiger partial charge is 0.353 e. The van der Waals surface area contributed by atoms with E-state index in [0.29, 0.717) is 24.8 Å². The number of carbonyl (C=O) groups is 1. The quantitative estimate of drug-likeness (QED) is 0.893. The lowest BCUT2D eigenvalue weighted by Gasteiger charge is -2.00. The normalized spacial score (nSPS) is 18.9. The van der Waals surface area contributed by atoms with Crippen LogP contribution in [0.2, 0.25) is 0 Å². The Balaban J connectivity index is 1.44. The monoisotopic (exact) mass is 277 g/mol. The number of aryl methyl sites for hydroxylation is 1. The van der Waals surface area contributed by atoms with Crippen LogP contribution >= 0.6 is 11.3 Å². The molecule has 0 aliphatic heterocycles. The van der Waals surface area contributed by atoms with Crippen molar-refractivity contribution >= 4 is 22.2 Å². The van der Waals surface area contributed by atoms with E-state index in [1.54, 1.807) is 0 Å². The average molecular weight is 277 g/mol. The maximum Gasteiger partial charge on any atom is 0.234 e. The Hall–Kier alpha value is -1.50. The highest BCUT2D eigenvalue weighted by atomic mass is 32.1. The smallest absolute Gasteiger partial charge is 0.234 e. The second kappa shape index (κ2) is 4.26. The lowest BCUT2D eigenvalue weighted by atomic mass is 10.3. The number of hydrogen-bond acceptors (Lipinski definition) is 5. The molecule has 2 aliphatic rings. The van der Waals surface area contributed by atoms with E-state index in [-0.39, 0.29) is 5.91 Å². The van der Waals surface area contributed by atoms with Crippen LogP contribution in [0.3, 0.4) is 0 Å². The molecule has 0 atom stereocenters. The van der Waals surface area contributed by atoms with Gasteiger partial charge in [-0.2, -0.15) is 9.61 Å². The second-order valence-electron chi connectivity index (χ2n) is 5.36. The first kappa shape index (κ1) is 11.3. The third-order valence-corrected chi connectivity index (χ3v) is 4.47. The van der Waals surface area contributed by atoms with Crippen LogP contribution in [0.15, 0.2) is 0 Å². The maximum absolute atomic E-state index is 11.6. The van der Waals surface area contributed by atoms with Crippen LogP contribution in [0.1, 0.15) is 48.9 Å². The fraction of sp³-hybridized carbons (Fsp3) is 0.667. The highest BCUT2D eigenvalue weighted by molar-refractivity contribution is 7.16. The molecule has 1 N–H and O–H groups in total. The van der Waals surface area contributed by atoms with Crippen LogP contribution in [0.25, 0.3) is 4.96 Å². The summed E-state index contributed by atoms with van der Waals surface area (Å²) in [5, 5.41) is 16.8. The molecule has 0 saturated heterocycles. The minimum absolute atomic E-state index is 0.135. The fourth-order valence-corrected chi connectivity index (χ4v) is 2.96. The molecule has 0 unspecified atom stereocenters. The molecule has 2 aliphatic carbocycles. The fourth-order valence-electron chi connectivity index (χ4n) is 2.12. The zero-order valence-electron chi connectivity index (χ0n) is 10.5. The highest BCUT2D eigenvalue weighted by Gasteiger charge is 2.30. The van der Waals surface area contributed by atoms with Gasteiger partial charge < -0.3 is 5.32 Å². The van der Waals surface area contributed by atoms with Crippen LogP contribution in [-0.2, 0) is 11.2 Å². The van der Waals surface area contributed by atoms with E-state index >= 15 is 0 Å². The van der Waals surface area contributed by atoms with Gasteiger partial charge in [0.1, 0.15) is 5.01 Å². The predicted molar refractivity (Wildman–Crippen MR) is 70.1 cm³/mol. The van der Waals surface area contributed by atoms with Gasteiger partial charge in [0.15, 0.2) is 5.82 Å². The number of nitrogens with one attached hydrogen (secondary N) is 1. The number of nitrogens with zero attached hydrogens (tertiary/aromatic N) is 4. The molecule has 2 fully saturated rings.